The second-order valence-corrected chi connectivity index (χ2v) is 5.38. The molecule has 0 bridgehead atoms. The Hall–Kier alpha value is -1.23. The van der Waals surface area contributed by atoms with Gasteiger partial charge in [0, 0.05) is 18.4 Å². The quantitative estimate of drug-likeness (QED) is 0.665. The first kappa shape index (κ1) is 13.2. The maximum absolute atomic E-state index is 12.2. The van der Waals surface area contributed by atoms with Crippen molar-refractivity contribution >= 4 is 21.8 Å². The molecule has 2 rings (SSSR count). The van der Waals surface area contributed by atoms with Crippen LogP contribution in [0.25, 0.3) is 0 Å². The van der Waals surface area contributed by atoms with Gasteiger partial charge in [-0.3, -0.25) is 4.79 Å². The number of amides is 1. The molecule has 1 aromatic carbocycles. The zero-order valence-electron chi connectivity index (χ0n) is 9.97. The average Bonchev–Trinajstić information content (AvgIpc) is 2.80. The topological polar surface area (TPSA) is 60.8 Å². The van der Waals surface area contributed by atoms with E-state index < -0.39 is 0 Å². The van der Waals surface area contributed by atoms with Crippen molar-refractivity contribution in [2.24, 2.45) is 5.92 Å². The summed E-state index contributed by atoms with van der Waals surface area (Å²) in [5.41, 5.74) is 0.175. The van der Waals surface area contributed by atoms with Crippen molar-refractivity contribution in [1.29, 1.82) is 0 Å². The van der Waals surface area contributed by atoms with Gasteiger partial charge in [-0.1, -0.05) is 15.9 Å². The van der Waals surface area contributed by atoms with Gasteiger partial charge in [-0.15, -0.1) is 0 Å². The van der Waals surface area contributed by atoms with Crippen molar-refractivity contribution in [2.75, 3.05) is 18.4 Å². The number of hydrogen-bond donors (Lipinski definition) is 2. The Balaban J connectivity index is 2.10. The van der Waals surface area contributed by atoms with E-state index >= 15 is 0 Å². The van der Waals surface area contributed by atoms with Crippen LogP contribution in [0, 0.1) is 5.92 Å². The first-order valence-electron chi connectivity index (χ1n) is 5.99. The first-order chi connectivity index (χ1) is 8.61. The maximum atomic E-state index is 12.2. The molecule has 18 heavy (non-hydrogen) atoms. The molecule has 98 valence electrons. The van der Waals surface area contributed by atoms with E-state index in [2.05, 4.69) is 15.9 Å². The number of alkyl halides is 1. The molecule has 0 radical (unpaired) electrons. The van der Waals surface area contributed by atoms with Gasteiger partial charge in [-0.05, 0) is 37.0 Å². The lowest BCUT2D eigenvalue weighted by Crippen LogP contribution is -2.28. The number of likely N-dealkylation sites (tertiary alicyclic amines) is 1. The van der Waals surface area contributed by atoms with E-state index in [1.54, 1.807) is 4.90 Å². The van der Waals surface area contributed by atoms with Crippen molar-refractivity contribution < 1.29 is 15.0 Å². The number of phenolic OH excluding ortho intramolecular Hbond substituents is 2. The molecule has 1 aromatic rings. The summed E-state index contributed by atoms with van der Waals surface area (Å²) in [6.07, 6.45) is 2.05. The van der Waals surface area contributed by atoms with Gasteiger partial charge in [-0.25, -0.2) is 0 Å². The fourth-order valence-corrected chi connectivity index (χ4v) is 2.92. The van der Waals surface area contributed by atoms with Gasteiger partial charge < -0.3 is 15.1 Å². The second-order valence-electron chi connectivity index (χ2n) is 4.58. The summed E-state index contributed by atoms with van der Waals surface area (Å²) in [5, 5.41) is 20.0. The monoisotopic (exact) mass is 313 g/mol. The third-order valence-corrected chi connectivity index (χ3v) is 3.76. The molecule has 1 fully saturated rings. The Morgan fingerprint density at radius 2 is 2.22 bits per heavy atom. The number of aromatic hydroxyl groups is 2. The summed E-state index contributed by atoms with van der Waals surface area (Å²) in [6.45, 7) is 1.44. The lowest BCUT2D eigenvalue weighted by Gasteiger charge is -2.17. The van der Waals surface area contributed by atoms with Crippen LogP contribution in [0.1, 0.15) is 23.2 Å². The third-order valence-electron chi connectivity index (χ3n) is 3.30. The lowest BCUT2D eigenvalue weighted by molar-refractivity contribution is 0.0783. The highest BCUT2D eigenvalue weighted by Gasteiger charge is 2.27. The zero-order valence-corrected chi connectivity index (χ0v) is 11.6. The van der Waals surface area contributed by atoms with Crippen LogP contribution >= 0.6 is 15.9 Å². The van der Waals surface area contributed by atoms with Gasteiger partial charge in [0.25, 0.3) is 5.91 Å². The fraction of sp³-hybridized carbons (Fsp3) is 0.462. The van der Waals surface area contributed by atoms with E-state index in [1.807, 2.05) is 0 Å². The number of carbonyl (C=O) groups is 1. The minimum Gasteiger partial charge on any atom is -0.508 e. The van der Waals surface area contributed by atoms with Crippen molar-refractivity contribution in [2.45, 2.75) is 12.8 Å². The molecule has 5 heteroatoms. The predicted octanol–water partition coefficient (Wildman–Crippen LogP) is 2.34. The zero-order chi connectivity index (χ0) is 13.1. The van der Waals surface area contributed by atoms with Crippen LogP contribution in [-0.2, 0) is 0 Å². The Kier molecular flexibility index (Phi) is 4.11. The Bertz CT molecular complexity index is 450. The van der Waals surface area contributed by atoms with E-state index in [0.29, 0.717) is 12.5 Å². The summed E-state index contributed by atoms with van der Waals surface area (Å²) in [4.78, 5) is 14.0. The van der Waals surface area contributed by atoms with Gasteiger partial charge in [0.1, 0.15) is 11.5 Å². The van der Waals surface area contributed by atoms with E-state index in [-0.39, 0.29) is 23.0 Å². The molecular weight excluding hydrogens is 298 g/mol. The number of rotatable bonds is 3. The van der Waals surface area contributed by atoms with E-state index in [1.165, 1.54) is 18.2 Å². The molecule has 0 saturated carbocycles. The van der Waals surface area contributed by atoms with Crippen molar-refractivity contribution in [1.82, 2.24) is 4.90 Å². The van der Waals surface area contributed by atoms with Gasteiger partial charge in [-0.2, -0.15) is 0 Å². The number of phenols is 2. The number of hydrogen-bond acceptors (Lipinski definition) is 3. The maximum Gasteiger partial charge on any atom is 0.257 e. The third kappa shape index (κ3) is 2.77. The highest BCUT2D eigenvalue weighted by molar-refractivity contribution is 9.09. The summed E-state index contributed by atoms with van der Waals surface area (Å²) < 4.78 is 0. The standard InChI is InChI=1S/C13H16BrNO3/c14-5-3-9-4-6-15(8-9)13(18)11-7-10(16)1-2-12(11)17/h1-2,7,9,16-17H,3-6,8H2. The largest absolute Gasteiger partial charge is 0.508 e. The van der Waals surface area contributed by atoms with Crippen LogP contribution in [0.2, 0.25) is 0 Å². The molecule has 2 N–H and O–H groups in total. The van der Waals surface area contributed by atoms with Crippen LogP contribution in [-0.4, -0.2) is 39.4 Å². The smallest absolute Gasteiger partial charge is 0.257 e. The fourth-order valence-electron chi connectivity index (χ4n) is 2.27. The van der Waals surface area contributed by atoms with Crippen molar-refractivity contribution in [3.8, 4) is 11.5 Å². The average molecular weight is 314 g/mol. The molecule has 1 saturated heterocycles. The van der Waals surface area contributed by atoms with Gasteiger partial charge in [0.15, 0.2) is 0 Å². The summed E-state index contributed by atoms with van der Waals surface area (Å²) >= 11 is 3.41. The van der Waals surface area contributed by atoms with Crippen molar-refractivity contribution in [3.05, 3.63) is 23.8 Å². The number of carbonyl (C=O) groups excluding carboxylic acids is 1. The van der Waals surface area contributed by atoms with Crippen LogP contribution in [0.3, 0.4) is 0 Å². The molecule has 1 heterocycles. The first-order valence-corrected chi connectivity index (χ1v) is 7.11. The highest BCUT2D eigenvalue weighted by Crippen LogP contribution is 2.27. The second kappa shape index (κ2) is 5.61. The van der Waals surface area contributed by atoms with Crippen molar-refractivity contribution in [3.63, 3.8) is 0 Å². The molecule has 1 amide bonds. The summed E-state index contributed by atoms with van der Waals surface area (Å²) in [5.74, 6) is 0.224. The van der Waals surface area contributed by atoms with E-state index in [0.717, 1.165) is 24.7 Å². The SMILES string of the molecule is O=C(c1cc(O)ccc1O)N1CCC(CCBr)C1. The Morgan fingerprint density at radius 1 is 1.44 bits per heavy atom. The number of halogens is 1. The minimum atomic E-state index is -0.208. The molecule has 0 aliphatic carbocycles. The molecule has 1 atom stereocenters. The van der Waals surface area contributed by atoms with Crippen LogP contribution in [0.15, 0.2) is 18.2 Å². The highest BCUT2D eigenvalue weighted by atomic mass is 79.9. The molecule has 1 aliphatic rings. The lowest BCUT2D eigenvalue weighted by atomic mass is 10.1. The molecule has 1 unspecified atom stereocenters. The predicted molar refractivity (Wildman–Crippen MR) is 72.2 cm³/mol. The molecular formula is C13H16BrNO3. The van der Waals surface area contributed by atoms with Crippen LogP contribution in [0.5, 0.6) is 11.5 Å². The Labute approximate surface area is 114 Å². The van der Waals surface area contributed by atoms with Gasteiger partial charge in [0.05, 0.1) is 5.56 Å². The van der Waals surface area contributed by atoms with Gasteiger partial charge in [0.2, 0.25) is 0 Å². The summed E-state index contributed by atoms with van der Waals surface area (Å²) in [6, 6.07) is 4.02. The molecule has 1 aliphatic heterocycles. The van der Waals surface area contributed by atoms with Crippen LogP contribution < -0.4 is 0 Å². The molecule has 0 aromatic heterocycles. The summed E-state index contributed by atoms with van der Waals surface area (Å²) in [7, 11) is 0. The normalized spacial score (nSPS) is 19.2. The molecule has 0 spiro atoms. The van der Waals surface area contributed by atoms with Crippen LogP contribution in [0.4, 0.5) is 0 Å². The number of nitrogens with zero attached hydrogens (tertiary/aromatic N) is 1. The molecule has 4 nitrogen and oxygen atoms in total. The Morgan fingerprint density at radius 3 is 2.94 bits per heavy atom. The van der Waals surface area contributed by atoms with Gasteiger partial charge >= 0.3 is 0 Å². The minimum absolute atomic E-state index is 0.00708. The van der Waals surface area contributed by atoms with E-state index in [9.17, 15) is 15.0 Å². The van der Waals surface area contributed by atoms with E-state index in [4.69, 9.17) is 0 Å². The number of benzene rings is 1.